The first-order valence-corrected chi connectivity index (χ1v) is 6.04. The van der Waals surface area contributed by atoms with Gasteiger partial charge in [-0.3, -0.25) is 4.79 Å². The first-order valence-electron chi connectivity index (χ1n) is 4.99. The maximum Gasteiger partial charge on any atom is 0.316 e. The van der Waals surface area contributed by atoms with E-state index in [-0.39, 0.29) is 11.2 Å². The number of carbonyl (C=O) groups is 1. The smallest absolute Gasteiger partial charge is 0.316 e. The Balaban J connectivity index is 2.51. The molecule has 0 aromatic heterocycles. The summed E-state index contributed by atoms with van der Waals surface area (Å²) in [7, 11) is 0. The third kappa shape index (κ3) is 3.96. The van der Waals surface area contributed by atoms with Crippen molar-refractivity contribution in [3.63, 3.8) is 0 Å². The van der Waals surface area contributed by atoms with Gasteiger partial charge in [-0.1, -0.05) is 44.2 Å². The van der Waals surface area contributed by atoms with Crippen LogP contribution in [0.15, 0.2) is 30.3 Å². The van der Waals surface area contributed by atoms with Gasteiger partial charge in [0.2, 0.25) is 0 Å². The second kappa shape index (κ2) is 5.81. The van der Waals surface area contributed by atoms with Crippen molar-refractivity contribution in [3.8, 4) is 0 Å². The highest BCUT2D eigenvalue weighted by Crippen LogP contribution is 2.23. The van der Waals surface area contributed by atoms with Crippen molar-refractivity contribution in [2.45, 2.75) is 24.9 Å². The van der Waals surface area contributed by atoms with Gasteiger partial charge in [-0.05, 0) is 11.5 Å². The van der Waals surface area contributed by atoms with E-state index in [4.69, 9.17) is 5.11 Å². The van der Waals surface area contributed by atoms with Gasteiger partial charge in [0.1, 0.15) is 5.25 Å². The van der Waals surface area contributed by atoms with E-state index >= 15 is 0 Å². The van der Waals surface area contributed by atoms with Crippen LogP contribution in [0, 0.1) is 5.92 Å². The molecule has 0 saturated carbocycles. The molecule has 1 aromatic rings. The molecule has 0 radical (unpaired) electrons. The molecule has 0 heterocycles. The number of benzene rings is 1. The monoisotopic (exact) mass is 224 g/mol. The van der Waals surface area contributed by atoms with Gasteiger partial charge >= 0.3 is 5.97 Å². The number of thioether (sulfide) groups is 1. The molecular weight excluding hydrogens is 208 g/mol. The van der Waals surface area contributed by atoms with Crippen LogP contribution in [0.4, 0.5) is 0 Å². The highest BCUT2D eigenvalue weighted by atomic mass is 32.2. The van der Waals surface area contributed by atoms with Gasteiger partial charge < -0.3 is 5.11 Å². The Kier molecular flexibility index (Phi) is 4.69. The van der Waals surface area contributed by atoms with E-state index in [1.54, 1.807) is 0 Å². The number of aliphatic carboxylic acids is 1. The summed E-state index contributed by atoms with van der Waals surface area (Å²) in [5, 5.41) is 8.69. The van der Waals surface area contributed by atoms with E-state index in [9.17, 15) is 4.79 Å². The highest BCUT2D eigenvalue weighted by Gasteiger charge is 2.21. The largest absolute Gasteiger partial charge is 0.480 e. The number of hydrogen-bond donors (Lipinski definition) is 1. The van der Waals surface area contributed by atoms with Crippen molar-refractivity contribution >= 4 is 17.7 Å². The molecule has 0 aliphatic rings. The topological polar surface area (TPSA) is 37.3 Å². The summed E-state index contributed by atoms with van der Waals surface area (Å²) >= 11 is 1.49. The molecule has 1 atom stereocenters. The number of rotatable bonds is 5. The van der Waals surface area contributed by atoms with Crippen molar-refractivity contribution in [2.24, 2.45) is 5.92 Å². The number of hydrogen-bond acceptors (Lipinski definition) is 2. The summed E-state index contributed by atoms with van der Waals surface area (Å²) in [5.41, 5.74) is 1.18. The lowest BCUT2D eigenvalue weighted by Gasteiger charge is -2.15. The molecule has 82 valence electrons. The second-order valence-corrected chi connectivity index (χ2v) is 4.93. The van der Waals surface area contributed by atoms with Gasteiger partial charge in [0.25, 0.3) is 0 Å². The van der Waals surface area contributed by atoms with E-state index in [0.29, 0.717) is 0 Å². The van der Waals surface area contributed by atoms with Crippen LogP contribution in [0.25, 0.3) is 0 Å². The van der Waals surface area contributed by atoms with Crippen LogP contribution in [-0.2, 0) is 10.5 Å². The van der Waals surface area contributed by atoms with Gasteiger partial charge in [0, 0.05) is 5.75 Å². The molecule has 0 fully saturated rings. The quantitative estimate of drug-likeness (QED) is 0.835. The predicted octanol–water partition coefficient (Wildman–Crippen LogP) is 3.03. The minimum Gasteiger partial charge on any atom is -0.480 e. The Morgan fingerprint density at radius 3 is 2.40 bits per heavy atom. The van der Waals surface area contributed by atoms with E-state index in [0.717, 1.165) is 5.75 Å². The summed E-state index contributed by atoms with van der Waals surface area (Å²) < 4.78 is 0. The molecule has 0 spiro atoms. The third-order valence-electron chi connectivity index (χ3n) is 2.12. The Bertz CT molecular complexity index is 309. The molecule has 1 aromatic carbocycles. The van der Waals surface area contributed by atoms with Gasteiger partial charge in [-0.15, -0.1) is 11.8 Å². The SMILES string of the molecule is CC(C)[C@@H](SCc1ccccc1)C(=O)O. The number of carboxylic acid groups (broad SMARTS) is 1. The fourth-order valence-electron chi connectivity index (χ4n) is 1.31. The molecule has 3 heteroatoms. The Labute approximate surface area is 94.7 Å². The lowest BCUT2D eigenvalue weighted by atomic mass is 10.1. The van der Waals surface area contributed by atoms with Crippen molar-refractivity contribution in [2.75, 3.05) is 0 Å². The molecule has 0 bridgehead atoms. The Hall–Kier alpha value is -0.960. The van der Waals surface area contributed by atoms with E-state index < -0.39 is 5.97 Å². The molecule has 0 aliphatic carbocycles. The minimum atomic E-state index is -0.717. The van der Waals surface area contributed by atoms with Crippen molar-refractivity contribution in [1.29, 1.82) is 0 Å². The zero-order valence-electron chi connectivity index (χ0n) is 9.01. The summed E-state index contributed by atoms with van der Waals surface area (Å²) in [5.74, 6) is 0.206. The van der Waals surface area contributed by atoms with E-state index in [1.165, 1.54) is 17.3 Å². The van der Waals surface area contributed by atoms with Gasteiger partial charge in [0.05, 0.1) is 0 Å². The Morgan fingerprint density at radius 1 is 1.33 bits per heavy atom. The zero-order chi connectivity index (χ0) is 11.3. The van der Waals surface area contributed by atoms with Gasteiger partial charge in [0.15, 0.2) is 0 Å². The fraction of sp³-hybridized carbons (Fsp3) is 0.417. The molecule has 0 saturated heterocycles. The molecule has 1 N–H and O–H groups in total. The normalized spacial score (nSPS) is 12.7. The molecule has 15 heavy (non-hydrogen) atoms. The lowest BCUT2D eigenvalue weighted by molar-refractivity contribution is -0.137. The predicted molar refractivity (Wildman–Crippen MR) is 64.0 cm³/mol. The minimum absolute atomic E-state index is 0.163. The lowest BCUT2D eigenvalue weighted by Crippen LogP contribution is -2.22. The fourth-order valence-corrected chi connectivity index (χ4v) is 2.40. The summed E-state index contributed by atoms with van der Waals surface area (Å²) in [6.45, 7) is 3.88. The van der Waals surface area contributed by atoms with E-state index in [2.05, 4.69) is 0 Å². The van der Waals surface area contributed by atoms with Gasteiger partial charge in [-0.25, -0.2) is 0 Å². The number of carboxylic acids is 1. The average Bonchev–Trinajstić information content (AvgIpc) is 2.18. The summed E-state index contributed by atoms with van der Waals surface area (Å²) in [4.78, 5) is 10.9. The average molecular weight is 224 g/mol. The van der Waals surface area contributed by atoms with Crippen molar-refractivity contribution < 1.29 is 9.90 Å². The second-order valence-electron chi connectivity index (χ2n) is 3.80. The van der Waals surface area contributed by atoms with E-state index in [1.807, 2.05) is 44.2 Å². The first kappa shape index (κ1) is 12.1. The van der Waals surface area contributed by atoms with Crippen LogP contribution in [-0.4, -0.2) is 16.3 Å². The summed E-state index contributed by atoms with van der Waals surface area (Å²) in [6, 6.07) is 9.95. The molecule has 0 aliphatic heterocycles. The first-order chi connectivity index (χ1) is 7.11. The summed E-state index contributed by atoms with van der Waals surface area (Å²) in [6.07, 6.45) is 0. The van der Waals surface area contributed by atoms with Crippen LogP contribution in [0.5, 0.6) is 0 Å². The highest BCUT2D eigenvalue weighted by molar-refractivity contribution is 7.99. The van der Waals surface area contributed by atoms with Crippen LogP contribution >= 0.6 is 11.8 Å². The molecule has 0 amide bonds. The van der Waals surface area contributed by atoms with Crippen LogP contribution in [0.1, 0.15) is 19.4 Å². The zero-order valence-corrected chi connectivity index (χ0v) is 9.83. The van der Waals surface area contributed by atoms with Crippen LogP contribution in [0.3, 0.4) is 0 Å². The molecule has 1 rings (SSSR count). The van der Waals surface area contributed by atoms with Gasteiger partial charge in [-0.2, -0.15) is 0 Å². The standard InChI is InChI=1S/C12H16O2S/c1-9(2)11(12(13)14)15-8-10-6-4-3-5-7-10/h3-7,9,11H,8H2,1-2H3,(H,13,14)/t11-/m1/s1. The van der Waals surface area contributed by atoms with Crippen LogP contribution in [0.2, 0.25) is 0 Å². The van der Waals surface area contributed by atoms with Crippen LogP contribution < -0.4 is 0 Å². The van der Waals surface area contributed by atoms with Crippen molar-refractivity contribution in [3.05, 3.63) is 35.9 Å². The molecule has 0 unspecified atom stereocenters. The Morgan fingerprint density at radius 2 is 1.93 bits per heavy atom. The maximum atomic E-state index is 10.9. The molecule has 2 nitrogen and oxygen atoms in total. The van der Waals surface area contributed by atoms with Crippen molar-refractivity contribution in [1.82, 2.24) is 0 Å². The molecular formula is C12H16O2S. The maximum absolute atomic E-state index is 10.9. The third-order valence-corrected chi connectivity index (χ3v) is 3.73.